The average Bonchev–Trinajstić information content (AvgIpc) is 2.29. The molecule has 88 valence electrons. The van der Waals surface area contributed by atoms with Crippen molar-refractivity contribution in [3.63, 3.8) is 0 Å². The molecule has 0 saturated carbocycles. The molecule has 0 unspecified atom stereocenters. The monoisotopic (exact) mass is 268 g/mol. The van der Waals surface area contributed by atoms with Crippen LogP contribution < -0.4 is 5.56 Å². The minimum atomic E-state index is -3.81. The molecule has 1 aromatic heterocycles. The first-order chi connectivity index (χ1) is 8.01. The maximum absolute atomic E-state index is 12.1. The summed E-state index contributed by atoms with van der Waals surface area (Å²) in [4.78, 5) is 16.0. The van der Waals surface area contributed by atoms with Crippen molar-refractivity contribution in [1.29, 1.82) is 0 Å². The van der Waals surface area contributed by atoms with Crippen molar-refractivity contribution in [2.75, 3.05) is 0 Å². The SMILES string of the molecule is O=c1[nH]c(=S)[nH]cc1S(=O)(=O)c1ccccc1. The molecule has 0 saturated heterocycles. The van der Waals surface area contributed by atoms with Gasteiger partial charge in [0.2, 0.25) is 9.84 Å². The zero-order chi connectivity index (χ0) is 12.5. The fraction of sp³-hybridized carbons (Fsp3) is 0. The van der Waals surface area contributed by atoms with Crippen LogP contribution in [0.5, 0.6) is 0 Å². The molecule has 0 atom stereocenters. The molecule has 0 fully saturated rings. The van der Waals surface area contributed by atoms with Crippen molar-refractivity contribution < 1.29 is 8.42 Å². The van der Waals surface area contributed by atoms with Crippen LogP contribution in [0.25, 0.3) is 0 Å². The topological polar surface area (TPSA) is 82.8 Å². The normalized spacial score (nSPS) is 11.3. The van der Waals surface area contributed by atoms with E-state index in [9.17, 15) is 13.2 Å². The molecular formula is C10H8N2O3S2. The molecule has 0 bridgehead atoms. The second-order valence-electron chi connectivity index (χ2n) is 3.25. The van der Waals surface area contributed by atoms with Gasteiger partial charge >= 0.3 is 0 Å². The van der Waals surface area contributed by atoms with E-state index in [0.29, 0.717) is 0 Å². The molecule has 0 spiro atoms. The Morgan fingerprint density at radius 2 is 1.76 bits per heavy atom. The van der Waals surface area contributed by atoms with E-state index < -0.39 is 15.4 Å². The number of rotatable bonds is 2. The van der Waals surface area contributed by atoms with Gasteiger partial charge in [-0.1, -0.05) is 18.2 Å². The van der Waals surface area contributed by atoms with Crippen LogP contribution in [0.2, 0.25) is 0 Å². The summed E-state index contributed by atoms with van der Waals surface area (Å²) in [6.45, 7) is 0. The van der Waals surface area contributed by atoms with E-state index in [2.05, 4.69) is 9.97 Å². The van der Waals surface area contributed by atoms with Crippen LogP contribution in [0.1, 0.15) is 0 Å². The molecule has 0 amide bonds. The number of nitrogens with one attached hydrogen (secondary N) is 2. The number of benzene rings is 1. The number of aromatic amines is 2. The number of sulfone groups is 1. The highest BCUT2D eigenvalue weighted by Crippen LogP contribution is 2.15. The Morgan fingerprint density at radius 3 is 2.35 bits per heavy atom. The maximum Gasteiger partial charge on any atom is 0.270 e. The summed E-state index contributed by atoms with van der Waals surface area (Å²) in [5.74, 6) is 0. The minimum Gasteiger partial charge on any atom is -0.337 e. The standard InChI is InChI=1S/C10H8N2O3S2/c13-9-8(6-11-10(16)12-9)17(14,15)7-4-2-1-3-5-7/h1-6H,(H2,11,12,13,16). The summed E-state index contributed by atoms with van der Waals surface area (Å²) >= 11 is 4.69. The Kier molecular flexibility index (Phi) is 2.95. The highest BCUT2D eigenvalue weighted by atomic mass is 32.2. The van der Waals surface area contributed by atoms with Gasteiger partial charge in [-0.15, -0.1) is 0 Å². The summed E-state index contributed by atoms with van der Waals surface area (Å²) < 4.78 is 24.3. The van der Waals surface area contributed by atoms with Gasteiger partial charge < -0.3 is 4.98 Å². The number of hydrogen-bond donors (Lipinski definition) is 2. The lowest BCUT2D eigenvalue weighted by molar-refractivity contribution is 0.594. The fourth-order valence-corrected chi connectivity index (χ4v) is 2.75. The molecule has 2 rings (SSSR count). The first-order valence-electron chi connectivity index (χ1n) is 4.64. The molecule has 1 aromatic carbocycles. The average molecular weight is 268 g/mol. The Bertz CT molecular complexity index is 745. The second kappa shape index (κ2) is 4.27. The predicted octanol–water partition coefficient (Wildman–Crippen LogP) is 1.27. The highest BCUT2D eigenvalue weighted by Gasteiger charge is 2.20. The van der Waals surface area contributed by atoms with E-state index in [1.165, 1.54) is 12.1 Å². The van der Waals surface area contributed by atoms with Crippen molar-refractivity contribution in [3.8, 4) is 0 Å². The van der Waals surface area contributed by atoms with Crippen LogP contribution in [0.15, 0.2) is 51.1 Å². The Hall–Kier alpha value is -1.73. The molecule has 0 aliphatic rings. The summed E-state index contributed by atoms with van der Waals surface area (Å²) in [5, 5.41) is 0. The smallest absolute Gasteiger partial charge is 0.270 e. The number of aromatic nitrogens is 2. The van der Waals surface area contributed by atoms with E-state index in [1.54, 1.807) is 18.2 Å². The molecule has 5 nitrogen and oxygen atoms in total. The third kappa shape index (κ3) is 2.20. The van der Waals surface area contributed by atoms with Gasteiger partial charge in [0.1, 0.15) is 0 Å². The first kappa shape index (κ1) is 11.7. The van der Waals surface area contributed by atoms with Crippen LogP contribution >= 0.6 is 12.2 Å². The molecule has 0 aliphatic carbocycles. The van der Waals surface area contributed by atoms with Gasteiger partial charge in [-0.05, 0) is 24.4 Å². The first-order valence-corrected chi connectivity index (χ1v) is 6.53. The van der Waals surface area contributed by atoms with Crippen molar-refractivity contribution in [1.82, 2.24) is 9.97 Å². The van der Waals surface area contributed by atoms with Crippen LogP contribution in [-0.2, 0) is 9.84 Å². The lowest BCUT2D eigenvalue weighted by atomic mass is 10.4. The second-order valence-corrected chi connectivity index (χ2v) is 5.58. The van der Waals surface area contributed by atoms with Crippen molar-refractivity contribution >= 4 is 22.1 Å². The summed E-state index contributed by atoms with van der Waals surface area (Å²) in [6, 6.07) is 7.73. The summed E-state index contributed by atoms with van der Waals surface area (Å²) in [7, 11) is -3.81. The van der Waals surface area contributed by atoms with Gasteiger partial charge in [0.05, 0.1) is 4.90 Å². The van der Waals surface area contributed by atoms with E-state index in [1.807, 2.05) is 0 Å². The fourth-order valence-electron chi connectivity index (χ4n) is 1.32. The largest absolute Gasteiger partial charge is 0.337 e. The summed E-state index contributed by atoms with van der Waals surface area (Å²) in [6.07, 6.45) is 1.10. The van der Waals surface area contributed by atoms with E-state index in [0.717, 1.165) is 6.20 Å². The molecule has 2 N–H and O–H groups in total. The molecular weight excluding hydrogens is 260 g/mol. The quantitative estimate of drug-likeness (QED) is 0.803. The van der Waals surface area contributed by atoms with Crippen LogP contribution in [-0.4, -0.2) is 18.4 Å². The van der Waals surface area contributed by atoms with E-state index in [-0.39, 0.29) is 14.6 Å². The highest BCUT2D eigenvalue weighted by molar-refractivity contribution is 7.91. The van der Waals surface area contributed by atoms with Gasteiger partial charge in [-0.3, -0.25) is 9.78 Å². The van der Waals surface area contributed by atoms with Crippen LogP contribution in [0.4, 0.5) is 0 Å². The van der Waals surface area contributed by atoms with Gasteiger partial charge in [-0.2, -0.15) is 0 Å². The van der Waals surface area contributed by atoms with E-state index in [4.69, 9.17) is 12.2 Å². The predicted molar refractivity (Wildman–Crippen MR) is 64.1 cm³/mol. The Balaban J connectivity index is 2.69. The number of H-pyrrole nitrogens is 2. The number of hydrogen-bond acceptors (Lipinski definition) is 4. The zero-order valence-corrected chi connectivity index (χ0v) is 10.1. The molecule has 7 heteroatoms. The van der Waals surface area contributed by atoms with Crippen LogP contribution in [0, 0.1) is 4.77 Å². The van der Waals surface area contributed by atoms with E-state index >= 15 is 0 Å². The van der Waals surface area contributed by atoms with Gasteiger partial charge in [0.15, 0.2) is 9.67 Å². The van der Waals surface area contributed by atoms with Crippen molar-refractivity contribution in [3.05, 3.63) is 51.7 Å². The van der Waals surface area contributed by atoms with Gasteiger partial charge in [0.25, 0.3) is 5.56 Å². The lowest BCUT2D eigenvalue weighted by Gasteiger charge is -2.02. The minimum absolute atomic E-state index is 0.0658. The Morgan fingerprint density at radius 1 is 1.12 bits per heavy atom. The molecule has 17 heavy (non-hydrogen) atoms. The maximum atomic E-state index is 12.1. The Labute approximate surface area is 102 Å². The van der Waals surface area contributed by atoms with Crippen molar-refractivity contribution in [2.45, 2.75) is 9.79 Å². The van der Waals surface area contributed by atoms with Gasteiger partial charge in [0, 0.05) is 6.20 Å². The van der Waals surface area contributed by atoms with Gasteiger partial charge in [-0.25, -0.2) is 8.42 Å². The summed E-state index contributed by atoms with van der Waals surface area (Å²) in [5.41, 5.74) is -0.724. The lowest BCUT2D eigenvalue weighted by Crippen LogP contribution is -2.18. The third-order valence-electron chi connectivity index (χ3n) is 2.13. The third-order valence-corrected chi connectivity index (χ3v) is 4.12. The van der Waals surface area contributed by atoms with Crippen LogP contribution in [0.3, 0.4) is 0 Å². The zero-order valence-electron chi connectivity index (χ0n) is 8.51. The molecule has 0 radical (unpaired) electrons. The molecule has 1 heterocycles. The molecule has 0 aliphatic heterocycles. The van der Waals surface area contributed by atoms with Crippen molar-refractivity contribution in [2.24, 2.45) is 0 Å². The molecule has 2 aromatic rings.